The van der Waals surface area contributed by atoms with E-state index < -0.39 is 0 Å². The van der Waals surface area contributed by atoms with E-state index in [1.54, 1.807) is 0 Å². The van der Waals surface area contributed by atoms with E-state index in [1.807, 2.05) is 12.4 Å². The second-order valence-electron chi connectivity index (χ2n) is 7.50. The molecular formula is C18H36N4. The maximum atomic E-state index is 4.35. The molecule has 1 aromatic heterocycles. The van der Waals surface area contributed by atoms with Gasteiger partial charge in [0.25, 0.3) is 0 Å². The Labute approximate surface area is 137 Å². The van der Waals surface area contributed by atoms with Crippen LogP contribution in [-0.4, -0.2) is 52.0 Å². The molecular weight excluding hydrogens is 272 g/mol. The van der Waals surface area contributed by atoms with Gasteiger partial charge in [-0.3, -0.25) is 4.90 Å². The molecule has 0 spiro atoms. The third-order valence-corrected chi connectivity index (χ3v) is 3.80. The van der Waals surface area contributed by atoms with E-state index in [0.717, 1.165) is 30.7 Å². The van der Waals surface area contributed by atoms with E-state index in [0.29, 0.717) is 6.04 Å². The SMILES string of the molecule is CC(C)CN(CCCN(Cc1ncc[nH]1)C(C)C)CC(C)C. The third kappa shape index (κ3) is 7.95. The summed E-state index contributed by atoms with van der Waals surface area (Å²) in [5.74, 6) is 2.54. The first-order valence-electron chi connectivity index (χ1n) is 8.83. The van der Waals surface area contributed by atoms with Crippen LogP contribution < -0.4 is 0 Å². The van der Waals surface area contributed by atoms with Gasteiger partial charge in [-0.2, -0.15) is 0 Å². The van der Waals surface area contributed by atoms with Crippen molar-refractivity contribution >= 4 is 0 Å². The Morgan fingerprint density at radius 2 is 1.64 bits per heavy atom. The Hall–Kier alpha value is -0.870. The molecule has 0 aromatic carbocycles. The molecule has 0 saturated carbocycles. The number of rotatable bonds is 11. The zero-order valence-electron chi connectivity index (χ0n) is 15.5. The number of nitrogens with zero attached hydrogens (tertiary/aromatic N) is 3. The van der Waals surface area contributed by atoms with Crippen LogP contribution in [0.2, 0.25) is 0 Å². The predicted octanol–water partition coefficient (Wildman–Crippen LogP) is 3.62. The van der Waals surface area contributed by atoms with Gasteiger partial charge in [0.1, 0.15) is 5.82 Å². The minimum atomic E-state index is 0.550. The molecule has 0 unspecified atom stereocenters. The Morgan fingerprint density at radius 3 is 2.09 bits per heavy atom. The second kappa shape index (κ2) is 10.0. The zero-order valence-corrected chi connectivity index (χ0v) is 15.5. The quantitative estimate of drug-likeness (QED) is 0.678. The minimum absolute atomic E-state index is 0.550. The average Bonchev–Trinajstić information content (AvgIpc) is 2.88. The van der Waals surface area contributed by atoms with Gasteiger partial charge in [0, 0.05) is 38.1 Å². The summed E-state index contributed by atoms with van der Waals surface area (Å²) in [5, 5.41) is 0. The van der Waals surface area contributed by atoms with Gasteiger partial charge in [-0.15, -0.1) is 0 Å². The molecule has 0 atom stereocenters. The first-order valence-corrected chi connectivity index (χ1v) is 8.83. The molecule has 0 amide bonds. The largest absolute Gasteiger partial charge is 0.348 e. The van der Waals surface area contributed by atoms with Crippen LogP contribution in [0.15, 0.2) is 12.4 Å². The van der Waals surface area contributed by atoms with Crippen molar-refractivity contribution in [2.24, 2.45) is 11.8 Å². The van der Waals surface area contributed by atoms with Crippen molar-refractivity contribution in [2.45, 2.75) is 60.5 Å². The third-order valence-electron chi connectivity index (χ3n) is 3.80. The topological polar surface area (TPSA) is 35.2 Å². The summed E-state index contributed by atoms with van der Waals surface area (Å²) in [6.07, 6.45) is 4.96. The molecule has 4 heteroatoms. The first-order chi connectivity index (χ1) is 10.4. The van der Waals surface area contributed by atoms with Crippen LogP contribution in [0.4, 0.5) is 0 Å². The normalized spacial score (nSPS) is 12.5. The van der Waals surface area contributed by atoms with E-state index in [2.05, 4.69) is 61.3 Å². The smallest absolute Gasteiger partial charge is 0.120 e. The first kappa shape index (κ1) is 19.2. The number of hydrogen-bond donors (Lipinski definition) is 1. The van der Waals surface area contributed by atoms with Gasteiger partial charge in [0.2, 0.25) is 0 Å². The van der Waals surface area contributed by atoms with E-state index in [4.69, 9.17) is 0 Å². The Balaban J connectivity index is 2.42. The Kier molecular flexibility index (Phi) is 8.72. The monoisotopic (exact) mass is 308 g/mol. The molecule has 128 valence electrons. The highest BCUT2D eigenvalue weighted by molar-refractivity contribution is 4.87. The van der Waals surface area contributed by atoms with Crippen LogP contribution in [0.25, 0.3) is 0 Å². The van der Waals surface area contributed by atoms with Crippen LogP contribution in [0.3, 0.4) is 0 Å². The predicted molar refractivity (Wildman–Crippen MR) is 94.9 cm³/mol. The van der Waals surface area contributed by atoms with E-state index in [9.17, 15) is 0 Å². The number of aromatic nitrogens is 2. The van der Waals surface area contributed by atoms with E-state index in [1.165, 1.54) is 26.1 Å². The molecule has 1 heterocycles. The number of hydrogen-bond acceptors (Lipinski definition) is 3. The fourth-order valence-electron chi connectivity index (χ4n) is 2.88. The molecule has 22 heavy (non-hydrogen) atoms. The number of aromatic amines is 1. The molecule has 0 aliphatic heterocycles. The molecule has 1 aromatic rings. The van der Waals surface area contributed by atoms with Gasteiger partial charge in [0.05, 0.1) is 6.54 Å². The van der Waals surface area contributed by atoms with Gasteiger partial charge < -0.3 is 9.88 Å². The fourth-order valence-corrected chi connectivity index (χ4v) is 2.88. The summed E-state index contributed by atoms with van der Waals surface area (Å²) in [4.78, 5) is 12.7. The van der Waals surface area contributed by atoms with Crippen molar-refractivity contribution in [2.75, 3.05) is 26.2 Å². The van der Waals surface area contributed by atoms with Crippen molar-refractivity contribution in [3.63, 3.8) is 0 Å². The molecule has 0 saturated heterocycles. The summed E-state index contributed by atoms with van der Waals surface area (Å²) in [7, 11) is 0. The average molecular weight is 309 g/mol. The highest BCUT2D eigenvalue weighted by atomic mass is 15.2. The standard InChI is InChI=1S/C18H36N4/c1-15(2)12-21(13-16(3)4)10-7-11-22(17(5)6)14-18-19-8-9-20-18/h8-9,15-17H,7,10-14H2,1-6H3,(H,19,20). The number of H-pyrrole nitrogens is 1. The summed E-state index contributed by atoms with van der Waals surface area (Å²) in [6, 6.07) is 0.550. The van der Waals surface area contributed by atoms with Crippen LogP contribution in [0.5, 0.6) is 0 Å². The highest BCUT2D eigenvalue weighted by Crippen LogP contribution is 2.08. The van der Waals surface area contributed by atoms with Crippen LogP contribution in [0, 0.1) is 11.8 Å². The van der Waals surface area contributed by atoms with Gasteiger partial charge in [0.15, 0.2) is 0 Å². The summed E-state index contributed by atoms with van der Waals surface area (Å²) in [5.41, 5.74) is 0. The van der Waals surface area contributed by atoms with Gasteiger partial charge in [-0.1, -0.05) is 27.7 Å². The highest BCUT2D eigenvalue weighted by Gasteiger charge is 2.13. The molecule has 4 nitrogen and oxygen atoms in total. The van der Waals surface area contributed by atoms with E-state index >= 15 is 0 Å². The Bertz CT molecular complexity index is 360. The van der Waals surface area contributed by atoms with Crippen LogP contribution in [-0.2, 0) is 6.54 Å². The zero-order chi connectivity index (χ0) is 16.5. The molecule has 0 bridgehead atoms. The lowest BCUT2D eigenvalue weighted by molar-refractivity contribution is 0.172. The van der Waals surface area contributed by atoms with Crippen molar-refractivity contribution < 1.29 is 0 Å². The summed E-state index contributed by atoms with van der Waals surface area (Å²) in [6.45, 7) is 19.4. The number of imidazole rings is 1. The molecule has 0 aliphatic carbocycles. The van der Waals surface area contributed by atoms with Crippen molar-refractivity contribution in [3.05, 3.63) is 18.2 Å². The molecule has 0 aliphatic rings. The summed E-state index contributed by atoms with van der Waals surface area (Å²) >= 11 is 0. The molecule has 0 radical (unpaired) electrons. The van der Waals surface area contributed by atoms with Crippen molar-refractivity contribution in [1.82, 2.24) is 19.8 Å². The minimum Gasteiger partial charge on any atom is -0.348 e. The maximum Gasteiger partial charge on any atom is 0.120 e. The van der Waals surface area contributed by atoms with Crippen molar-refractivity contribution in [3.8, 4) is 0 Å². The van der Waals surface area contributed by atoms with Gasteiger partial charge in [-0.25, -0.2) is 4.98 Å². The Morgan fingerprint density at radius 1 is 1.00 bits per heavy atom. The van der Waals surface area contributed by atoms with E-state index in [-0.39, 0.29) is 0 Å². The molecule has 1 N–H and O–H groups in total. The molecule has 0 fully saturated rings. The lowest BCUT2D eigenvalue weighted by Crippen LogP contribution is -2.36. The van der Waals surface area contributed by atoms with Crippen LogP contribution in [0.1, 0.15) is 53.8 Å². The lowest BCUT2D eigenvalue weighted by atomic mass is 10.1. The summed E-state index contributed by atoms with van der Waals surface area (Å²) < 4.78 is 0. The number of nitrogens with one attached hydrogen (secondary N) is 1. The lowest BCUT2D eigenvalue weighted by Gasteiger charge is -2.29. The second-order valence-corrected chi connectivity index (χ2v) is 7.50. The molecule has 1 rings (SSSR count). The van der Waals surface area contributed by atoms with Crippen LogP contribution >= 0.6 is 0 Å². The van der Waals surface area contributed by atoms with Gasteiger partial charge >= 0.3 is 0 Å². The fraction of sp³-hybridized carbons (Fsp3) is 0.833. The van der Waals surface area contributed by atoms with Crippen molar-refractivity contribution in [1.29, 1.82) is 0 Å². The maximum absolute atomic E-state index is 4.35. The van der Waals surface area contributed by atoms with Gasteiger partial charge in [-0.05, 0) is 38.6 Å².